The first kappa shape index (κ1) is 19.2. The monoisotopic (exact) mass is 358 g/mol. The van der Waals surface area contributed by atoms with Crippen molar-refractivity contribution in [2.24, 2.45) is 0 Å². The Morgan fingerprint density at radius 1 is 1.04 bits per heavy atom. The summed E-state index contributed by atoms with van der Waals surface area (Å²) in [6.45, 7) is 3.21. The minimum atomic E-state index is -0.943. The molecule has 0 saturated carbocycles. The van der Waals surface area contributed by atoms with Gasteiger partial charge in [0.1, 0.15) is 6.04 Å². The molecule has 0 spiro atoms. The van der Waals surface area contributed by atoms with Crippen molar-refractivity contribution >= 4 is 17.8 Å². The summed E-state index contributed by atoms with van der Waals surface area (Å²) in [5.41, 5.74) is 0.848. The molecule has 0 fully saturated rings. The summed E-state index contributed by atoms with van der Waals surface area (Å²) in [5, 5.41) is 5.22. The lowest BCUT2D eigenvalue weighted by atomic mass is 10.1. The number of benzene rings is 1. The Morgan fingerprint density at radius 3 is 2.38 bits per heavy atom. The van der Waals surface area contributed by atoms with Crippen LogP contribution in [0.2, 0.25) is 0 Å². The van der Waals surface area contributed by atoms with E-state index >= 15 is 0 Å². The molecule has 1 atom stereocenters. The van der Waals surface area contributed by atoms with E-state index in [1.807, 2.05) is 44.2 Å². The smallest absolute Gasteiger partial charge is 0.329 e. The highest BCUT2D eigenvalue weighted by Crippen LogP contribution is 2.07. The number of nitrogens with one attached hydrogen (secondary N) is 2. The molecule has 138 valence electrons. The Hall–Kier alpha value is -3.09. The van der Waals surface area contributed by atoms with E-state index in [4.69, 9.17) is 9.15 Å². The molecule has 26 heavy (non-hydrogen) atoms. The van der Waals surface area contributed by atoms with Crippen LogP contribution in [0.25, 0.3) is 0 Å². The van der Waals surface area contributed by atoms with Gasteiger partial charge in [-0.25, -0.2) is 4.79 Å². The maximum atomic E-state index is 12.4. The predicted octanol–water partition coefficient (Wildman–Crippen LogP) is 1.69. The Labute approximate surface area is 151 Å². The number of rotatable bonds is 8. The van der Waals surface area contributed by atoms with Gasteiger partial charge in [0, 0.05) is 12.5 Å². The number of esters is 1. The van der Waals surface area contributed by atoms with Gasteiger partial charge in [-0.2, -0.15) is 0 Å². The van der Waals surface area contributed by atoms with Crippen molar-refractivity contribution in [2.45, 2.75) is 32.4 Å². The third kappa shape index (κ3) is 6.08. The van der Waals surface area contributed by atoms with Gasteiger partial charge in [-0.1, -0.05) is 30.3 Å². The van der Waals surface area contributed by atoms with Crippen LogP contribution in [-0.2, 0) is 20.7 Å². The van der Waals surface area contributed by atoms with Crippen LogP contribution in [-0.4, -0.2) is 36.5 Å². The van der Waals surface area contributed by atoms with Crippen LogP contribution in [0.1, 0.15) is 30.0 Å². The van der Waals surface area contributed by atoms with Gasteiger partial charge in [0.25, 0.3) is 11.8 Å². The maximum Gasteiger partial charge on any atom is 0.329 e. The Balaban J connectivity index is 2.02. The SMILES string of the molecule is CC(C)NC(=O)COC(=O)[C@H](Cc1ccccc1)NC(=O)c1ccco1. The van der Waals surface area contributed by atoms with Crippen molar-refractivity contribution < 1.29 is 23.5 Å². The fourth-order valence-electron chi connectivity index (χ4n) is 2.28. The van der Waals surface area contributed by atoms with Crippen molar-refractivity contribution in [1.82, 2.24) is 10.6 Å². The minimum absolute atomic E-state index is 0.0556. The van der Waals surface area contributed by atoms with Crippen molar-refractivity contribution in [3.05, 3.63) is 60.1 Å². The molecule has 0 saturated heterocycles. The lowest BCUT2D eigenvalue weighted by molar-refractivity contribution is -0.150. The topological polar surface area (TPSA) is 97.6 Å². The Kier molecular flexibility index (Phi) is 6.96. The molecular weight excluding hydrogens is 336 g/mol. The van der Waals surface area contributed by atoms with Crippen LogP contribution in [0.15, 0.2) is 53.1 Å². The van der Waals surface area contributed by atoms with E-state index in [1.54, 1.807) is 6.07 Å². The third-order valence-corrected chi connectivity index (χ3v) is 3.41. The molecule has 0 aliphatic carbocycles. The van der Waals surface area contributed by atoms with Crippen molar-refractivity contribution in [1.29, 1.82) is 0 Å². The lowest BCUT2D eigenvalue weighted by Gasteiger charge is -2.17. The third-order valence-electron chi connectivity index (χ3n) is 3.41. The first-order chi connectivity index (χ1) is 12.5. The molecule has 2 N–H and O–H groups in total. The number of carbonyl (C=O) groups excluding carboxylic acids is 3. The molecule has 7 nitrogen and oxygen atoms in total. The minimum Gasteiger partial charge on any atom is -0.459 e. The van der Waals surface area contributed by atoms with Gasteiger partial charge in [-0.05, 0) is 31.5 Å². The van der Waals surface area contributed by atoms with Gasteiger partial charge < -0.3 is 19.8 Å². The zero-order valence-corrected chi connectivity index (χ0v) is 14.7. The summed E-state index contributed by atoms with van der Waals surface area (Å²) >= 11 is 0. The second-order valence-electron chi connectivity index (χ2n) is 6.02. The zero-order chi connectivity index (χ0) is 18.9. The number of hydrogen-bond acceptors (Lipinski definition) is 5. The van der Waals surface area contributed by atoms with Crippen LogP contribution in [0.5, 0.6) is 0 Å². The second kappa shape index (κ2) is 9.41. The summed E-state index contributed by atoms with van der Waals surface area (Å²) in [6, 6.07) is 11.3. The van der Waals surface area contributed by atoms with Crippen molar-refractivity contribution in [2.75, 3.05) is 6.61 Å². The van der Waals surface area contributed by atoms with E-state index < -0.39 is 30.4 Å². The van der Waals surface area contributed by atoms with E-state index in [9.17, 15) is 14.4 Å². The average Bonchev–Trinajstić information content (AvgIpc) is 3.14. The lowest BCUT2D eigenvalue weighted by Crippen LogP contribution is -2.44. The van der Waals surface area contributed by atoms with Crippen molar-refractivity contribution in [3.63, 3.8) is 0 Å². The van der Waals surface area contributed by atoms with E-state index in [2.05, 4.69) is 10.6 Å². The van der Waals surface area contributed by atoms with Crippen LogP contribution < -0.4 is 10.6 Å². The van der Waals surface area contributed by atoms with Crippen LogP contribution >= 0.6 is 0 Å². The molecule has 2 rings (SSSR count). The van der Waals surface area contributed by atoms with Gasteiger partial charge in [0.05, 0.1) is 6.26 Å². The van der Waals surface area contributed by atoms with Gasteiger partial charge in [-0.3, -0.25) is 9.59 Å². The fraction of sp³-hybridized carbons (Fsp3) is 0.316. The highest BCUT2D eigenvalue weighted by atomic mass is 16.5. The van der Waals surface area contributed by atoms with E-state index in [0.717, 1.165) is 5.56 Å². The molecule has 0 radical (unpaired) electrons. The quantitative estimate of drug-likeness (QED) is 0.700. The van der Waals surface area contributed by atoms with E-state index in [0.29, 0.717) is 0 Å². The normalized spacial score (nSPS) is 11.7. The summed E-state index contributed by atoms with van der Waals surface area (Å²) < 4.78 is 10.1. The summed E-state index contributed by atoms with van der Waals surface area (Å²) in [6.07, 6.45) is 1.60. The molecule has 1 aromatic carbocycles. The highest BCUT2D eigenvalue weighted by molar-refractivity contribution is 5.94. The Bertz CT molecular complexity index is 726. The fourth-order valence-corrected chi connectivity index (χ4v) is 2.28. The molecule has 2 aromatic rings. The molecular formula is C19H22N2O5. The first-order valence-corrected chi connectivity index (χ1v) is 8.30. The summed E-state index contributed by atoms with van der Waals surface area (Å²) in [4.78, 5) is 36.3. The van der Waals surface area contributed by atoms with Crippen molar-refractivity contribution in [3.8, 4) is 0 Å². The largest absolute Gasteiger partial charge is 0.459 e. The number of hydrogen-bond donors (Lipinski definition) is 2. The van der Waals surface area contributed by atoms with Gasteiger partial charge in [0.15, 0.2) is 12.4 Å². The van der Waals surface area contributed by atoms with Crippen LogP contribution in [0, 0.1) is 0 Å². The van der Waals surface area contributed by atoms with Crippen LogP contribution in [0.3, 0.4) is 0 Å². The molecule has 0 aliphatic heterocycles. The molecule has 0 aliphatic rings. The summed E-state index contributed by atoms with van der Waals surface area (Å²) in [7, 11) is 0. The first-order valence-electron chi connectivity index (χ1n) is 8.30. The van der Waals surface area contributed by atoms with Gasteiger partial charge in [0.2, 0.25) is 0 Å². The number of amides is 2. The van der Waals surface area contributed by atoms with Gasteiger partial charge in [-0.15, -0.1) is 0 Å². The van der Waals surface area contributed by atoms with Gasteiger partial charge >= 0.3 is 5.97 Å². The molecule has 7 heteroatoms. The molecule has 2 amide bonds. The average molecular weight is 358 g/mol. The van der Waals surface area contributed by atoms with E-state index in [-0.39, 0.29) is 18.2 Å². The second-order valence-corrected chi connectivity index (χ2v) is 6.02. The molecule has 1 heterocycles. The standard InChI is InChI=1S/C19H22N2O5/c1-13(2)20-17(22)12-26-19(24)15(11-14-7-4-3-5-8-14)21-18(23)16-9-6-10-25-16/h3-10,13,15H,11-12H2,1-2H3,(H,20,22)(H,21,23)/t15-/m0/s1. The predicted molar refractivity (Wildman–Crippen MR) is 94.3 cm³/mol. The number of carbonyl (C=O) groups is 3. The molecule has 0 unspecified atom stereocenters. The number of ether oxygens (including phenoxy) is 1. The Morgan fingerprint density at radius 2 is 1.77 bits per heavy atom. The molecule has 1 aromatic heterocycles. The highest BCUT2D eigenvalue weighted by Gasteiger charge is 2.25. The number of furan rings is 1. The van der Waals surface area contributed by atoms with E-state index in [1.165, 1.54) is 12.3 Å². The summed E-state index contributed by atoms with van der Waals surface area (Å²) in [5.74, 6) is -1.52. The zero-order valence-electron chi connectivity index (χ0n) is 14.7. The maximum absolute atomic E-state index is 12.4. The van der Waals surface area contributed by atoms with Crippen LogP contribution in [0.4, 0.5) is 0 Å². The molecule has 0 bridgehead atoms.